The molecule has 1 saturated carbocycles. The number of fused-ring (bicyclic) bond motifs is 1. The normalized spacial score (nSPS) is 15.0. The van der Waals surface area contributed by atoms with Gasteiger partial charge in [-0.15, -0.1) is 0 Å². The lowest BCUT2D eigenvalue weighted by Crippen LogP contribution is -2.23. The average molecular weight is 403 g/mol. The molecule has 0 radical (unpaired) electrons. The first-order valence-electron chi connectivity index (χ1n) is 9.49. The van der Waals surface area contributed by atoms with Crippen molar-refractivity contribution in [1.82, 2.24) is 9.55 Å². The molecular formula is C21H20F3N3O2. The van der Waals surface area contributed by atoms with Gasteiger partial charge < -0.3 is 14.6 Å². The van der Waals surface area contributed by atoms with E-state index in [1.165, 1.54) is 12.1 Å². The minimum Gasteiger partial charge on any atom is -0.490 e. The predicted molar refractivity (Wildman–Crippen MR) is 103 cm³/mol. The molecule has 0 atom stereocenters. The number of aromatic nitrogens is 2. The lowest BCUT2D eigenvalue weighted by molar-refractivity contribution is -0.147. The molecule has 1 amide bonds. The molecule has 0 bridgehead atoms. The van der Waals surface area contributed by atoms with Crippen LogP contribution in [0.25, 0.3) is 11.0 Å². The van der Waals surface area contributed by atoms with Crippen LogP contribution in [-0.4, -0.2) is 21.6 Å². The van der Waals surface area contributed by atoms with Crippen molar-refractivity contribution in [2.75, 3.05) is 5.32 Å². The Balaban J connectivity index is 1.52. The molecule has 1 fully saturated rings. The van der Waals surface area contributed by atoms with Gasteiger partial charge in [0.1, 0.15) is 12.3 Å². The van der Waals surface area contributed by atoms with E-state index in [-0.39, 0.29) is 17.1 Å². The highest BCUT2D eigenvalue weighted by Crippen LogP contribution is 2.31. The Morgan fingerprint density at radius 2 is 1.90 bits per heavy atom. The molecule has 5 nitrogen and oxygen atoms in total. The van der Waals surface area contributed by atoms with E-state index in [2.05, 4.69) is 10.3 Å². The number of halogens is 3. The van der Waals surface area contributed by atoms with Crippen molar-refractivity contribution in [3.8, 4) is 5.75 Å². The number of nitrogens with zero attached hydrogens (tertiary/aromatic N) is 2. The van der Waals surface area contributed by atoms with Gasteiger partial charge in [0.15, 0.2) is 0 Å². The number of rotatable bonds is 5. The molecule has 4 rings (SSSR count). The maximum absolute atomic E-state index is 13.4. The van der Waals surface area contributed by atoms with Crippen LogP contribution in [0.4, 0.5) is 18.9 Å². The molecule has 1 N–H and O–H groups in total. The zero-order valence-corrected chi connectivity index (χ0v) is 15.6. The maximum atomic E-state index is 13.4. The van der Waals surface area contributed by atoms with Crippen molar-refractivity contribution in [2.45, 2.75) is 44.5 Å². The molecule has 0 saturated heterocycles. The van der Waals surface area contributed by atoms with Gasteiger partial charge in [0, 0.05) is 11.8 Å². The predicted octanol–water partition coefficient (Wildman–Crippen LogP) is 5.02. The Bertz CT molecular complexity index is 1020. The van der Waals surface area contributed by atoms with Crippen molar-refractivity contribution < 1.29 is 22.7 Å². The number of benzene rings is 2. The molecule has 0 spiro atoms. The van der Waals surface area contributed by atoms with Crippen LogP contribution in [0, 0.1) is 0 Å². The van der Waals surface area contributed by atoms with Gasteiger partial charge in [-0.1, -0.05) is 18.2 Å². The highest BCUT2D eigenvalue weighted by Gasteiger charge is 2.38. The summed E-state index contributed by atoms with van der Waals surface area (Å²) < 4.78 is 46.9. The number of imidazole rings is 1. The lowest BCUT2D eigenvalue weighted by Gasteiger charge is -2.15. The van der Waals surface area contributed by atoms with Crippen LogP contribution in [-0.2, 0) is 17.5 Å². The Morgan fingerprint density at radius 3 is 2.66 bits per heavy atom. The van der Waals surface area contributed by atoms with E-state index in [1.54, 1.807) is 36.4 Å². The topological polar surface area (TPSA) is 56.2 Å². The van der Waals surface area contributed by atoms with Crippen molar-refractivity contribution in [3.05, 3.63) is 54.4 Å². The van der Waals surface area contributed by atoms with E-state index in [4.69, 9.17) is 4.74 Å². The van der Waals surface area contributed by atoms with Gasteiger partial charge >= 0.3 is 6.18 Å². The zero-order chi connectivity index (χ0) is 20.4. The first kappa shape index (κ1) is 19.3. The summed E-state index contributed by atoms with van der Waals surface area (Å²) in [6.07, 6.45) is -0.195. The van der Waals surface area contributed by atoms with E-state index in [9.17, 15) is 18.0 Å². The van der Waals surface area contributed by atoms with E-state index >= 15 is 0 Å². The lowest BCUT2D eigenvalue weighted by atomic mass is 10.2. The molecule has 1 aliphatic rings. The number of ether oxygens (including phenoxy) is 1. The SMILES string of the molecule is O=C(Cn1c(C(F)(F)F)nc2ccccc21)Nc1cccc(OC2CCCC2)c1. The van der Waals surface area contributed by atoms with Crippen LogP contribution in [0.3, 0.4) is 0 Å². The van der Waals surface area contributed by atoms with Gasteiger partial charge in [0.25, 0.3) is 0 Å². The summed E-state index contributed by atoms with van der Waals surface area (Å²) in [5.74, 6) is -1.03. The molecule has 152 valence electrons. The molecule has 1 heterocycles. The highest BCUT2D eigenvalue weighted by atomic mass is 19.4. The van der Waals surface area contributed by atoms with Crippen LogP contribution in [0.5, 0.6) is 5.75 Å². The quantitative estimate of drug-likeness (QED) is 0.651. The average Bonchev–Trinajstić information content (AvgIpc) is 3.30. The molecular weight excluding hydrogens is 383 g/mol. The minimum atomic E-state index is -4.66. The smallest absolute Gasteiger partial charge is 0.449 e. The number of carbonyl (C=O) groups excluding carboxylic acids is 1. The molecule has 29 heavy (non-hydrogen) atoms. The summed E-state index contributed by atoms with van der Waals surface area (Å²) in [7, 11) is 0. The van der Waals surface area contributed by atoms with Gasteiger partial charge in [-0.2, -0.15) is 13.2 Å². The van der Waals surface area contributed by atoms with Gasteiger partial charge in [-0.05, 0) is 49.9 Å². The van der Waals surface area contributed by atoms with Gasteiger partial charge in [0.2, 0.25) is 11.7 Å². The van der Waals surface area contributed by atoms with E-state index in [1.807, 2.05) is 0 Å². The number of para-hydroxylation sites is 2. The highest BCUT2D eigenvalue weighted by molar-refractivity contribution is 5.92. The van der Waals surface area contributed by atoms with Crippen molar-refractivity contribution in [3.63, 3.8) is 0 Å². The third-order valence-electron chi connectivity index (χ3n) is 4.93. The Kier molecular flexibility index (Phi) is 5.17. The Labute approximate surface area is 165 Å². The summed E-state index contributed by atoms with van der Waals surface area (Å²) in [6, 6.07) is 13.1. The molecule has 3 aromatic rings. The first-order valence-corrected chi connectivity index (χ1v) is 9.49. The van der Waals surface area contributed by atoms with E-state index in [0.717, 1.165) is 30.3 Å². The minimum absolute atomic E-state index is 0.174. The second-order valence-electron chi connectivity index (χ2n) is 7.11. The maximum Gasteiger partial charge on any atom is 0.449 e. The fourth-order valence-corrected chi connectivity index (χ4v) is 3.64. The van der Waals surface area contributed by atoms with Crippen LogP contribution >= 0.6 is 0 Å². The van der Waals surface area contributed by atoms with E-state index in [0.29, 0.717) is 11.4 Å². The van der Waals surface area contributed by atoms with Crippen LogP contribution in [0.1, 0.15) is 31.5 Å². The summed E-state index contributed by atoms with van der Waals surface area (Å²) in [4.78, 5) is 16.1. The number of carbonyl (C=O) groups is 1. The van der Waals surface area contributed by atoms with Crippen LogP contribution < -0.4 is 10.1 Å². The standard InChI is InChI=1S/C21H20F3N3O2/c22-21(23,24)20-26-17-10-3-4-11-18(17)27(20)13-19(28)25-14-6-5-9-16(12-14)29-15-7-1-2-8-15/h3-6,9-12,15H,1-2,7-8,13H2,(H,25,28). The zero-order valence-electron chi connectivity index (χ0n) is 15.6. The molecule has 0 aliphatic heterocycles. The van der Waals surface area contributed by atoms with Crippen molar-refractivity contribution >= 4 is 22.6 Å². The molecule has 1 aliphatic carbocycles. The summed E-state index contributed by atoms with van der Waals surface area (Å²) in [5.41, 5.74) is 0.927. The number of amides is 1. The monoisotopic (exact) mass is 403 g/mol. The Morgan fingerprint density at radius 1 is 1.14 bits per heavy atom. The third-order valence-corrected chi connectivity index (χ3v) is 4.93. The largest absolute Gasteiger partial charge is 0.490 e. The third kappa shape index (κ3) is 4.36. The number of nitrogens with one attached hydrogen (secondary N) is 1. The summed E-state index contributed by atoms with van der Waals surface area (Å²) in [5, 5.41) is 2.65. The fraction of sp³-hybridized carbons (Fsp3) is 0.333. The van der Waals surface area contributed by atoms with Crippen molar-refractivity contribution in [1.29, 1.82) is 0 Å². The van der Waals surface area contributed by atoms with Gasteiger partial charge in [0.05, 0.1) is 17.1 Å². The first-order chi connectivity index (χ1) is 13.9. The fourth-order valence-electron chi connectivity index (χ4n) is 3.64. The van der Waals surface area contributed by atoms with Gasteiger partial charge in [-0.3, -0.25) is 4.79 Å². The van der Waals surface area contributed by atoms with E-state index < -0.39 is 24.5 Å². The summed E-state index contributed by atoms with van der Waals surface area (Å²) in [6.45, 7) is -0.497. The number of anilines is 1. The summed E-state index contributed by atoms with van der Waals surface area (Å²) >= 11 is 0. The number of hydrogen-bond donors (Lipinski definition) is 1. The molecule has 1 aromatic heterocycles. The second-order valence-corrected chi connectivity index (χ2v) is 7.11. The molecule has 0 unspecified atom stereocenters. The Hall–Kier alpha value is -3.03. The number of hydrogen-bond acceptors (Lipinski definition) is 3. The molecule has 8 heteroatoms. The van der Waals surface area contributed by atoms with Crippen LogP contribution in [0.2, 0.25) is 0 Å². The molecule has 2 aromatic carbocycles. The van der Waals surface area contributed by atoms with Crippen molar-refractivity contribution in [2.24, 2.45) is 0 Å². The second kappa shape index (κ2) is 7.77. The van der Waals surface area contributed by atoms with Gasteiger partial charge in [-0.25, -0.2) is 4.98 Å². The number of alkyl halides is 3. The van der Waals surface area contributed by atoms with Crippen LogP contribution in [0.15, 0.2) is 48.5 Å².